The summed E-state index contributed by atoms with van der Waals surface area (Å²) in [6.45, 7) is 2.69. The van der Waals surface area contributed by atoms with Crippen molar-refractivity contribution < 1.29 is 9.90 Å². The average molecular weight is 212 g/mol. The van der Waals surface area contributed by atoms with E-state index in [0.29, 0.717) is 25.9 Å². The maximum Gasteiger partial charge on any atom is 0.221 e. The number of rotatable bonds is 6. The van der Waals surface area contributed by atoms with Crippen molar-refractivity contribution in [3.63, 3.8) is 0 Å². The van der Waals surface area contributed by atoms with Gasteiger partial charge in [0.15, 0.2) is 0 Å². The van der Waals surface area contributed by atoms with E-state index in [4.69, 9.17) is 0 Å². The molecular formula is C9H16N4O2. The molecule has 1 amide bonds. The maximum absolute atomic E-state index is 11.3. The molecule has 0 bridgehead atoms. The molecule has 0 aliphatic carbocycles. The molecule has 0 saturated heterocycles. The average Bonchev–Trinajstić information content (AvgIpc) is 2.75. The number of amides is 1. The van der Waals surface area contributed by atoms with E-state index in [0.717, 1.165) is 0 Å². The molecule has 15 heavy (non-hydrogen) atoms. The predicted octanol–water partition coefficient (Wildman–Crippen LogP) is -0.445. The third kappa shape index (κ3) is 4.55. The lowest BCUT2D eigenvalue weighted by atomic mass is 10.3. The normalized spacial score (nSPS) is 12.4. The van der Waals surface area contributed by atoms with Gasteiger partial charge in [0.1, 0.15) is 0 Å². The van der Waals surface area contributed by atoms with E-state index < -0.39 is 6.10 Å². The highest BCUT2D eigenvalue weighted by Crippen LogP contribution is 1.90. The topological polar surface area (TPSA) is 80.0 Å². The first kappa shape index (κ1) is 11.6. The standard InChI is InChI=1S/C9H16N4O2/c1-2-8(14)7-10-9(15)3-5-13-6-4-11-12-13/h4,6,8,14H,2-3,5,7H2,1H3,(H,10,15). The van der Waals surface area contributed by atoms with Crippen LogP contribution in [0.3, 0.4) is 0 Å². The van der Waals surface area contributed by atoms with Gasteiger partial charge in [-0.2, -0.15) is 0 Å². The summed E-state index contributed by atoms with van der Waals surface area (Å²) in [4.78, 5) is 11.3. The molecule has 0 saturated carbocycles. The highest BCUT2D eigenvalue weighted by molar-refractivity contribution is 5.75. The number of nitrogens with zero attached hydrogens (tertiary/aromatic N) is 3. The molecule has 0 aliphatic heterocycles. The fraction of sp³-hybridized carbons (Fsp3) is 0.667. The van der Waals surface area contributed by atoms with Gasteiger partial charge in [0, 0.05) is 19.2 Å². The Labute approximate surface area is 88.3 Å². The van der Waals surface area contributed by atoms with E-state index in [1.165, 1.54) is 0 Å². The fourth-order valence-electron chi connectivity index (χ4n) is 1.03. The smallest absolute Gasteiger partial charge is 0.221 e. The Bertz CT molecular complexity index is 286. The first-order valence-electron chi connectivity index (χ1n) is 5.01. The number of aromatic nitrogens is 3. The van der Waals surface area contributed by atoms with Crippen LogP contribution in [0.5, 0.6) is 0 Å². The number of hydrogen-bond donors (Lipinski definition) is 2. The summed E-state index contributed by atoms with van der Waals surface area (Å²) in [5, 5.41) is 19.2. The fourth-order valence-corrected chi connectivity index (χ4v) is 1.03. The van der Waals surface area contributed by atoms with Gasteiger partial charge >= 0.3 is 0 Å². The SMILES string of the molecule is CCC(O)CNC(=O)CCn1ccnn1. The van der Waals surface area contributed by atoms with Gasteiger partial charge in [-0.05, 0) is 6.42 Å². The van der Waals surface area contributed by atoms with Crippen LogP contribution in [-0.2, 0) is 11.3 Å². The van der Waals surface area contributed by atoms with Crippen LogP contribution in [0.4, 0.5) is 0 Å². The molecule has 1 rings (SSSR count). The van der Waals surface area contributed by atoms with Gasteiger partial charge in [-0.15, -0.1) is 5.10 Å². The molecule has 0 fully saturated rings. The van der Waals surface area contributed by atoms with Crippen LogP contribution in [0.25, 0.3) is 0 Å². The Morgan fingerprint density at radius 2 is 2.47 bits per heavy atom. The minimum atomic E-state index is -0.458. The molecule has 1 aromatic heterocycles. The van der Waals surface area contributed by atoms with Crippen molar-refractivity contribution >= 4 is 5.91 Å². The van der Waals surface area contributed by atoms with Crippen molar-refractivity contribution in [1.82, 2.24) is 20.3 Å². The molecule has 6 nitrogen and oxygen atoms in total. The molecule has 1 unspecified atom stereocenters. The number of nitrogens with one attached hydrogen (secondary N) is 1. The Kier molecular flexibility index (Phi) is 4.76. The lowest BCUT2D eigenvalue weighted by Gasteiger charge is -2.09. The van der Waals surface area contributed by atoms with Gasteiger partial charge in [0.05, 0.1) is 18.8 Å². The van der Waals surface area contributed by atoms with Gasteiger partial charge in [0.2, 0.25) is 5.91 Å². The zero-order chi connectivity index (χ0) is 11.1. The molecule has 1 heterocycles. The quantitative estimate of drug-likeness (QED) is 0.669. The molecule has 2 N–H and O–H groups in total. The van der Waals surface area contributed by atoms with Crippen LogP contribution in [0.15, 0.2) is 12.4 Å². The van der Waals surface area contributed by atoms with Crippen LogP contribution in [0, 0.1) is 0 Å². The van der Waals surface area contributed by atoms with Crippen molar-refractivity contribution in [2.24, 2.45) is 0 Å². The minimum absolute atomic E-state index is 0.0852. The molecule has 6 heteroatoms. The van der Waals surface area contributed by atoms with Crippen LogP contribution in [0.2, 0.25) is 0 Å². The first-order valence-corrected chi connectivity index (χ1v) is 5.01. The van der Waals surface area contributed by atoms with E-state index in [2.05, 4.69) is 15.6 Å². The Morgan fingerprint density at radius 1 is 1.67 bits per heavy atom. The van der Waals surface area contributed by atoms with Crippen molar-refractivity contribution in [1.29, 1.82) is 0 Å². The first-order chi connectivity index (χ1) is 7.22. The lowest BCUT2D eigenvalue weighted by Crippen LogP contribution is -2.32. The third-order valence-electron chi connectivity index (χ3n) is 2.05. The highest BCUT2D eigenvalue weighted by Gasteiger charge is 2.05. The number of aliphatic hydroxyl groups excluding tert-OH is 1. The van der Waals surface area contributed by atoms with Crippen LogP contribution >= 0.6 is 0 Å². The molecule has 1 atom stereocenters. The molecule has 0 aromatic carbocycles. The largest absolute Gasteiger partial charge is 0.391 e. The summed E-state index contributed by atoms with van der Waals surface area (Å²) in [6.07, 6.45) is 3.80. The van der Waals surface area contributed by atoms with Crippen LogP contribution in [0.1, 0.15) is 19.8 Å². The maximum atomic E-state index is 11.3. The van der Waals surface area contributed by atoms with Gasteiger partial charge < -0.3 is 10.4 Å². The molecule has 0 radical (unpaired) electrons. The second kappa shape index (κ2) is 6.13. The van der Waals surface area contributed by atoms with E-state index in [1.807, 2.05) is 6.92 Å². The summed E-state index contributed by atoms with van der Waals surface area (Å²) >= 11 is 0. The van der Waals surface area contributed by atoms with Gasteiger partial charge in [-0.3, -0.25) is 9.48 Å². The third-order valence-corrected chi connectivity index (χ3v) is 2.05. The minimum Gasteiger partial charge on any atom is -0.391 e. The van der Waals surface area contributed by atoms with Crippen molar-refractivity contribution in [3.8, 4) is 0 Å². The lowest BCUT2D eigenvalue weighted by molar-refractivity contribution is -0.121. The van der Waals surface area contributed by atoms with E-state index in [9.17, 15) is 9.90 Å². The van der Waals surface area contributed by atoms with Crippen molar-refractivity contribution in [2.45, 2.75) is 32.4 Å². The van der Waals surface area contributed by atoms with Crippen LogP contribution in [-0.4, -0.2) is 38.7 Å². The summed E-state index contributed by atoms with van der Waals surface area (Å²) < 4.78 is 1.59. The molecule has 1 aromatic rings. The zero-order valence-electron chi connectivity index (χ0n) is 8.76. The van der Waals surface area contributed by atoms with Crippen molar-refractivity contribution in [2.75, 3.05) is 6.54 Å². The monoisotopic (exact) mass is 212 g/mol. The van der Waals surface area contributed by atoms with Gasteiger partial charge in [-0.25, -0.2) is 0 Å². The zero-order valence-corrected chi connectivity index (χ0v) is 8.76. The molecule has 0 aliphatic rings. The van der Waals surface area contributed by atoms with E-state index in [-0.39, 0.29) is 5.91 Å². The summed E-state index contributed by atoms with van der Waals surface area (Å²) in [6, 6.07) is 0. The second-order valence-corrected chi connectivity index (χ2v) is 3.28. The summed E-state index contributed by atoms with van der Waals surface area (Å²) in [5.41, 5.74) is 0. The second-order valence-electron chi connectivity index (χ2n) is 3.28. The van der Waals surface area contributed by atoms with Crippen molar-refractivity contribution in [3.05, 3.63) is 12.4 Å². The van der Waals surface area contributed by atoms with Gasteiger partial charge in [0.25, 0.3) is 0 Å². The molecule has 0 spiro atoms. The Balaban J connectivity index is 2.14. The van der Waals surface area contributed by atoms with Crippen LogP contribution < -0.4 is 5.32 Å². The number of hydrogen-bond acceptors (Lipinski definition) is 4. The van der Waals surface area contributed by atoms with E-state index in [1.54, 1.807) is 17.1 Å². The number of carbonyl (C=O) groups excluding carboxylic acids is 1. The highest BCUT2D eigenvalue weighted by atomic mass is 16.3. The molecule has 84 valence electrons. The summed E-state index contributed by atoms with van der Waals surface area (Å²) in [7, 11) is 0. The predicted molar refractivity (Wildman–Crippen MR) is 53.9 cm³/mol. The van der Waals surface area contributed by atoms with Gasteiger partial charge in [-0.1, -0.05) is 12.1 Å². The van der Waals surface area contributed by atoms with E-state index >= 15 is 0 Å². The number of aryl methyl sites for hydroxylation is 1. The number of aliphatic hydroxyl groups is 1. The Morgan fingerprint density at radius 3 is 3.07 bits per heavy atom. The number of carbonyl (C=O) groups is 1. The summed E-state index contributed by atoms with van der Waals surface area (Å²) in [5.74, 6) is -0.0852. The Hall–Kier alpha value is -1.43. The molecular weight excluding hydrogens is 196 g/mol.